The number of nitrogens with one attached hydrogen (secondary N) is 1. The van der Waals surface area contributed by atoms with E-state index in [2.05, 4.69) is 4.72 Å². The molecule has 3 rings (SSSR count). The molecule has 0 amide bonds. The van der Waals surface area contributed by atoms with Crippen LogP contribution in [0.15, 0.2) is 24.3 Å². The van der Waals surface area contributed by atoms with E-state index in [4.69, 9.17) is 14.6 Å². The van der Waals surface area contributed by atoms with Crippen LogP contribution >= 0.6 is 0 Å². The van der Waals surface area contributed by atoms with E-state index in [0.29, 0.717) is 5.56 Å². The zero-order valence-electron chi connectivity index (χ0n) is 18.9. The molecule has 0 saturated heterocycles. The van der Waals surface area contributed by atoms with Gasteiger partial charge >= 0.3 is 0 Å². The summed E-state index contributed by atoms with van der Waals surface area (Å²) in [6, 6.07) is 4.98. The molecule has 7 nitrogen and oxygen atoms in total. The van der Waals surface area contributed by atoms with Crippen LogP contribution < -0.4 is 9.46 Å². The molecule has 1 aliphatic carbocycles. The Balaban J connectivity index is 2.07. The van der Waals surface area contributed by atoms with Crippen LogP contribution in [0.3, 0.4) is 0 Å². The van der Waals surface area contributed by atoms with E-state index in [0.717, 1.165) is 6.07 Å². The minimum absolute atomic E-state index is 0.0372. The van der Waals surface area contributed by atoms with Gasteiger partial charge in [0.1, 0.15) is 18.2 Å². The fourth-order valence-corrected chi connectivity index (χ4v) is 5.48. The molecule has 0 radical (unpaired) electrons. The highest BCUT2D eigenvalue weighted by atomic mass is 32.2. The first-order valence-electron chi connectivity index (χ1n) is 10.7. The zero-order chi connectivity index (χ0) is 25.1. The van der Waals surface area contributed by atoms with Gasteiger partial charge in [0, 0.05) is 25.2 Å². The second-order valence-electron chi connectivity index (χ2n) is 8.47. The Morgan fingerprint density at radius 2 is 1.85 bits per heavy atom. The average molecular weight is 504 g/mol. The summed E-state index contributed by atoms with van der Waals surface area (Å²) in [4.78, 5) is 0. The molecule has 2 aromatic carbocycles. The predicted octanol–water partition coefficient (Wildman–Crippen LogP) is 3.05. The van der Waals surface area contributed by atoms with Crippen molar-refractivity contribution in [3.8, 4) is 5.75 Å². The van der Waals surface area contributed by atoms with E-state index in [9.17, 15) is 26.7 Å². The topological polar surface area (TPSA) is 105 Å². The number of benzene rings is 2. The van der Waals surface area contributed by atoms with Crippen molar-refractivity contribution >= 4 is 15.7 Å². The number of sulfonamides is 1. The van der Waals surface area contributed by atoms with Crippen LogP contribution in [0.2, 0.25) is 0 Å². The second kappa shape index (κ2) is 10.5. The highest BCUT2D eigenvalue weighted by Gasteiger charge is 2.55. The van der Waals surface area contributed by atoms with Gasteiger partial charge in [-0.05, 0) is 43.4 Å². The lowest BCUT2D eigenvalue weighted by atomic mass is 10.0. The van der Waals surface area contributed by atoms with E-state index >= 15 is 0 Å². The fourth-order valence-electron chi connectivity index (χ4n) is 3.72. The molecule has 34 heavy (non-hydrogen) atoms. The van der Waals surface area contributed by atoms with E-state index in [1.54, 1.807) is 13.0 Å². The third-order valence-corrected chi connectivity index (χ3v) is 8.02. The maximum Gasteiger partial charge on any atom is 0.238 e. The van der Waals surface area contributed by atoms with Gasteiger partial charge in [0.2, 0.25) is 10.0 Å². The number of aliphatic hydroxyl groups excluding tert-OH is 2. The van der Waals surface area contributed by atoms with Crippen molar-refractivity contribution in [2.45, 2.75) is 43.5 Å². The minimum atomic E-state index is -4.24. The molecule has 0 aliphatic heterocycles. The van der Waals surface area contributed by atoms with Crippen molar-refractivity contribution in [1.82, 2.24) is 0 Å². The molecule has 0 spiro atoms. The van der Waals surface area contributed by atoms with Crippen molar-refractivity contribution < 1.29 is 41.3 Å². The highest BCUT2D eigenvalue weighted by Crippen LogP contribution is 2.49. The van der Waals surface area contributed by atoms with Gasteiger partial charge in [0.15, 0.2) is 11.6 Å². The molecule has 2 aromatic rings. The summed E-state index contributed by atoms with van der Waals surface area (Å²) in [7, 11) is -2.83. The molecule has 1 fully saturated rings. The molecule has 1 unspecified atom stereocenters. The Hall–Kier alpha value is -2.34. The lowest BCUT2D eigenvalue weighted by Gasteiger charge is -2.23. The molecule has 1 atom stereocenters. The van der Waals surface area contributed by atoms with Gasteiger partial charge in [-0.15, -0.1) is 0 Å². The summed E-state index contributed by atoms with van der Waals surface area (Å²) in [6.45, 7) is 1.07. The van der Waals surface area contributed by atoms with Crippen LogP contribution in [0.4, 0.5) is 18.9 Å². The van der Waals surface area contributed by atoms with Crippen LogP contribution in [-0.4, -0.2) is 56.4 Å². The lowest BCUT2D eigenvalue weighted by Crippen LogP contribution is -2.35. The summed E-state index contributed by atoms with van der Waals surface area (Å²) in [6.07, 6.45) is -1.51. The van der Waals surface area contributed by atoms with Gasteiger partial charge in [0.05, 0.1) is 29.8 Å². The number of ether oxygens (including phenoxy) is 2. The largest absolute Gasteiger partial charge is 0.489 e. The number of anilines is 1. The van der Waals surface area contributed by atoms with Crippen LogP contribution in [0, 0.1) is 24.4 Å². The van der Waals surface area contributed by atoms with Crippen molar-refractivity contribution in [3.05, 3.63) is 58.4 Å². The van der Waals surface area contributed by atoms with Gasteiger partial charge < -0.3 is 19.7 Å². The maximum absolute atomic E-state index is 15.0. The molecule has 0 bridgehead atoms. The summed E-state index contributed by atoms with van der Waals surface area (Å²) in [5.74, 6) is -3.55. The Morgan fingerprint density at radius 3 is 2.44 bits per heavy atom. The highest BCUT2D eigenvalue weighted by molar-refractivity contribution is 7.94. The number of rotatable bonds is 12. The number of halogens is 3. The first-order chi connectivity index (χ1) is 16.0. The molecule has 0 aromatic heterocycles. The molecule has 0 heterocycles. The molecule has 3 N–H and O–H groups in total. The van der Waals surface area contributed by atoms with Crippen molar-refractivity contribution in [1.29, 1.82) is 0 Å². The van der Waals surface area contributed by atoms with Gasteiger partial charge in [0.25, 0.3) is 0 Å². The monoisotopic (exact) mass is 503 g/mol. The quantitative estimate of drug-likeness (QED) is 0.385. The number of aliphatic hydroxyl groups is 2. The SMILES string of the molecule is COCCOc1cc(F)c(F)c(Cc2ccc(C)cc2F)c1NS(=O)(=O)C1(CC(O)CO)CC1. The molecule has 1 saturated carbocycles. The standard InChI is InChI=1S/C23H28F3NO6S/c1-14-3-4-15(18(24)9-14)10-17-21(26)19(25)11-20(33-8-7-32-2)22(17)27-34(30,31)23(5-6-23)12-16(29)13-28/h3-4,9,11,16,27-29H,5-8,10,12-13H2,1-2H3. The van der Waals surface area contributed by atoms with E-state index in [1.807, 2.05) is 0 Å². The third kappa shape index (κ3) is 5.65. The normalized spacial score (nSPS) is 15.7. The Labute approximate surface area is 196 Å². The number of hydrogen-bond acceptors (Lipinski definition) is 6. The fraction of sp³-hybridized carbons (Fsp3) is 0.478. The Bertz CT molecular complexity index is 1140. The van der Waals surface area contributed by atoms with Crippen LogP contribution in [0.5, 0.6) is 5.75 Å². The molecule has 11 heteroatoms. The van der Waals surface area contributed by atoms with Crippen molar-refractivity contribution in [2.75, 3.05) is 31.7 Å². The number of methoxy groups -OCH3 is 1. The van der Waals surface area contributed by atoms with Crippen molar-refractivity contribution in [3.63, 3.8) is 0 Å². The minimum Gasteiger partial charge on any atom is -0.489 e. The average Bonchev–Trinajstić information content (AvgIpc) is 3.56. The van der Waals surface area contributed by atoms with Gasteiger partial charge in [-0.25, -0.2) is 21.6 Å². The summed E-state index contributed by atoms with van der Waals surface area (Å²) >= 11 is 0. The number of aryl methyl sites for hydroxylation is 1. The summed E-state index contributed by atoms with van der Waals surface area (Å²) in [5.41, 5.74) is -0.101. The number of hydrogen-bond donors (Lipinski definition) is 3. The van der Waals surface area contributed by atoms with Crippen LogP contribution in [0.1, 0.15) is 36.0 Å². The molecule has 188 valence electrons. The smallest absolute Gasteiger partial charge is 0.238 e. The Morgan fingerprint density at radius 1 is 1.15 bits per heavy atom. The zero-order valence-corrected chi connectivity index (χ0v) is 19.7. The van der Waals surface area contributed by atoms with Gasteiger partial charge in [-0.2, -0.15) is 0 Å². The van der Waals surface area contributed by atoms with Gasteiger partial charge in [-0.1, -0.05) is 12.1 Å². The van der Waals surface area contributed by atoms with E-state index in [1.165, 1.54) is 19.2 Å². The first-order valence-corrected chi connectivity index (χ1v) is 12.2. The van der Waals surface area contributed by atoms with E-state index in [-0.39, 0.29) is 49.5 Å². The van der Waals surface area contributed by atoms with Crippen molar-refractivity contribution in [2.24, 2.45) is 0 Å². The Kier molecular flexibility index (Phi) is 8.12. The van der Waals surface area contributed by atoms with Gasteiger partial charge in [-0.3, -0.25) is 4.72 Å². The predicted molar refractivity (Wildman–Crippen MR) is 120 cm³/mol. The first kappa shape index (κ1) is 26.3. The maximum atomic E-state index is 15.0. The molecular formula is C23H28F3NO6S. The third-order valence-electron chi connectivity index (χ3n) is 5.83. The van der Waals surface area contributed by atoms with Crippen LogP contribution in [0.25, 0.3) is 0 Å². The van der Waals surface area contributed by atoms with Crippen LogP contribution in [-0.2, 0) is 21.2 Å². The molecular weight excluding hydrogens is 475 g/mol. The lowest BCUT2D eigenvalue weighted by molar-refractivity contribution is 0.0858. The molecule has 1 aliphatic rings. The summed E-state index contributed by atoms with van der Waals surface area (Å²) < 4.78 is 81.8. The second-order valence-corrected chi connectivity index (χ2v) is 10.5. The summed E-state index contributed by atoms with van der Waals surface area (Å²) in [5, 5.41) is 19.0. The van der Waals surface area contributed by atoms with E-state index < -0.39 is 56.9 Å².